The van der Waals surface area contributed by atoms with Crippen LogP contribution < -0.4 is 14.2 Å². The Bertz CT molecular complexity index is 799. The van der Waals surface area contributed by atoms with Crippen molar-refractivity contribution in [3.63, 3.8) is 0 Å². The zero-order valence-corrected chi connectivity index (χ0v) is 13.5. The van der Waals surface area contributed by atoms with E-state index in [1.54, 1.807) is 24.3 Å². The van der Waals surface area contributed by atoms with Crippen molar-refractivity contribution in [2.24, 2.45) is 0 Å². The van der Waals surface area contributed by atoms with Gasteiger partial charge in [-0.25, -0.2) is 0 Å². The standard InChI is InChI=1S/C18H17NO5/c1-22-12-8-11(9-13(10-12)23-2)14(6-7-19)15-4-5-16(24-3)18(21)17(15)20/h4-6,8-10,20-21H,1-3H3/b14-6-. The van der Waals surface area contributed by atoms with Gasteiger partial charge in [-0.3, -0.25) is 0 Å². The summed E-state index contributed by atoms with van der Waals surface area (Å²) >= 11 is 0. The number of aromatic hydroxyl groups is 2. The molecule has 0 saturated heterocycles. The molecule has 2 rings (SSSR count). The summed E-state index contributed by atoms with van der Waals surface area (Å²) < 4.78 is 15.4. The fraction of sp³-hybridized carbons (Fsp3) is 0.167. The number of methoxy groups -OCH3 is 3. The van der Waals surface area contributed by atoms with Crippen LogP contribution in [0.5, 0.6) is 28.7 Å². The Labute approximate surface area is 139 Å². The SMILES string of the molecule is COc1cc(OC)cc(/C(=C/C#N)c2ccc(OC)c(O)c2O)c1. The summed E-state index contributed by atoms with van der Waals surface area (Å²) in [5, 5.41) is 29.4. The lowest BCUT2D eigenvalue weighted by molar-refractivity contribution is 0.350. The largest absolute Gasteiger partial charge is 0.504 e. The lowest BCUT2D eigenvalue weighted by Gasteiger charge is -2.14. The van der Waals surface area contributed by atoms with Crippen LogP contribution in [0.25, 0.3) is 5.57 Å². The Morgan fingerprint density at radius 1 is 0.958 bits per heavy atom. The molecule has 24 heavy (non-hydrogen) atoms. The van der Waals surface area contributed by atoms with Crippen LogP contribution in [-0.4, -0.2) is 31.5 Å². The van der Waals surface area contributed by atoms with E-state index in [2.05, 4.69) is 0 Å². The van der Waals surface area contributed by atoms with Crippen LogP contribution in [0, 0.1) is 11.3 Å². The molecule has 0 radical (unpaired) electrons. The quantitative estimate of drug-likeness (QED) is 0.648. The Balaban J connectivity index is 2.67. The Morgan fingerprint density at radius 2 is 1.58 bits per heavy atom. The third kappa shape index (κ3) is 3.20. The van der Waals surface area contributed by atoms with Gasteiger partial charge >= 0.3 is 0 Å². The van der Waals surface area contributed by atoms with E-state index in [0.29, 0.717) is 22.6 Å². The summed E-state index contributed by atoms with van der Waals surface area (Å²) in [4.78, 5) is 0. The number of phenolic OH excluding ortho intramolecular Hbond substituents is 2. The zero-order valence-electron chi connectivity index (χ0n) is 13.5. The van der Waals surface area contributed by atoms with Crippen molar-refractivity contribution in [3.8, 4) is 34.8 Å². The molecule has 6 heteroatoms. The molecule has 0 spiro atoms. The minimum atomic E-state index is -0.395. The molecule has 0 aliphatic heterocycles. The maximum atomic E-state index is 10.3. The van der Waals surface area contributed by atoms with E-state index >= 15 is 0 Å². The number of nitriles is 1. The van der Waals surface area contributed by atoms with Gasteiger partial charge in [-0.2, -0.15) is 5.26 Å². The first-order valence-electron chi connectivity index (χ1n) is 6.98. The number of ether oxygens (including phenoxy) is 3. The molecular formula is C18H17NO5. The first kappa shape index (κ1) is 17.0. The van der Waals surface area contributed by atoms with Crippen molar-refractivity contribution in [2.75, 3.05) is 21.3 Å². The third-order valence-corrected chi connectivity index (χ3v) is 3.50. The molecule has 0 aromatic heterocycles. The minimum absolute atomic E-state index is 0.135. The Hall–Kier alpha value is -3.33. The molecule has 6 nitrogen and oxygen atoms in total. The zero-order chi connectivity index (χ0) is 17.7. The van der Waals surface area contributed by atoms with E-state index in [1.807, 2.05) is 6.07 Å². The van der Waals surface area contributed by atoms with E-state index in [0.717, 1.165) is 0 Å². The molecule has 2 N–H and O–H groups in total. The van der Waals surface area contributed by atoms with Gasteiger partial charge in [-0.15, -0.1) is 0 Å². The summed E-state index contributed by atoms with van der Waals surface area (Å²) in [6, 6.07) is 10.1. The molecule has 0 unspecified atom stereocenters. The molecule has 0 fully saturated rings. The van der Waals surface area contributed by atoms with Crippen molar-refractivity contribution >= 4 is 5.57 Å². The van der Waals surface area contributed by atoms with Crippen molar-refractivity contribution in [1.29, 1.82) is 5.26 Å². The van der Waals surface area contributed by atoms with Crippen molar-refractivity contribution in [1.82, 2.24) is 0 Å². The van der Waals surface area contributed by atoms with Crippen LogP contribution in [0.1, 0.15) is 11.1 Å². The number of nitrogens with zero attached hydrogens (tertiary/aromatic N) is 1. The van der Waals surface area contributed by atoms with Crippen LogP contribution >= 0.6 is 0 Å². The maximum absolute atomic E-state index is 10.3. The van der Waals surface area contributed by atoms with Gasteiger partial charge in [0.1, 0.15) is 11.5 Å². The smallest absolute Gasteiger partial charge is 0.201 e. The predicted molar refractivity (Wildman–Crippen MR) is 88.6 cm³/mol. The van der Waals surface area contributed by atoms with Gasteiger partial charge in [-0.1, -0.05) is 0 Å². The second-order valence-corrected chi connectivity index (χ2v) is 4.80. The first-order valence-corrected chi connectivity index (χ1v) is 6.98. The van der Waals surface area contributed by atoms with Gasteiger partial charge in [-0.05, 0) is 29.8 Å². The molecule has 2 aromatic carbocycles. The van der Waals surface area contributed by atoms with E-state index in [1.165, 1.54) is 33.5 Å². The van der Waals surface area contributed by atoms with E-state index < -0.39 is 5.75 Å². The molecule has 124 valence electrons. The van der Waals surface area contributed by atoms with Gasteiger partial charge in [0, 0.05) is 23.3 Å². The molecule has 0 aliphatic carbocycles. The highest BCUT2D eigenvalue weighted by Gasteiger charge is 2.18. The highest BCUT2D eigenvalue weighted by molar-refractivity contribution is 5.86. The highest BCUT2D eigenvalue weighted by Crippen LogP contribution is 2.43. The van der Waals surface area contributed by atoms with E-state index in [4.69, 9.17) is 19.5 Å². The lowest BCUT2D eigenvalue weighted by Crippen LogP contribution is -1.94. The summed E-state index contributed by atoms with van der Waals surface area (Å²) in [5.41, 5.74) is 1.28. The van der Waals surface area contributed by atoms with E-state index in [-0.39, 0.29) is 17.1 Å². The highest BCUT2D eigenvalue weighted by atomic mass is 16.5. The van der Waals surface area contributed by atoms with Gasteiger partial charge in [0.25, 0.3) is 0 Å². The number of rotatable bonds is 5. The molecule has 0 amide bonds. The van der Waals surface area contributed by atoms with Gasteiger partial charge in [0.15, 0.2) is 11.5 Å². The summed E-state index contributed by atoms with van der Waals surface area (Å²) in [5.74, 6) is 0.429. The van der Waals surface area contributed by atoms with Crippen LogP contribution in [0.3, 0.4) is 0 Å². The Morgan fingerprint density at radius 3 is 2.08 bits per heavy atom. The summed E-state index contributed by atoms with van der Waals surface area (Å²) in [6.07, 6.45) is 1.27. The van der Waals surface area contributed by atoms with Crippen LogP contribution in [-0.2, 0) is 0 Å². The molecule has 2 aromatic rings. The van der Waals surface area contributed by atoms with Gasteiger partial charge in [0.2, 0.25) is 5.75 Å². The second kappa shape index (κ2) is 7.29. The number of allylic oxidation sites excluding steroid dienone is 1. The molecule has 0 saturated carbocycles. The minimum Gasteiger partial charge on any atom is -0.504 e. The van der Waals surface area contributed by atoms with Crippen molar-refractivity contribution in [3.05, 3.63) is 47.5 Å². The van der Waals surface area contributed by atoms with Crippen LogP contribution in [0.4, 0.5) is 0 Å². The average Bonchev–Trinajstić information content (AvgIpc) is 2.61. The average molecular weight is 327 g/mol. The molecule has 0 heterocycles. The summed E-state index contributed by atoms with van der Waals surface area (Å²) in [7, 11) is 4.42. The van der Waals surface area contributed by atoms with Gasteiger partial charge in [0.05, 0.1) is 27.4 Å². The molecule has 0 aliphatic rings. The first-order chi connectivity index (χ1) is 11.5. The normalized spacial score (nSPS) is 10.8. The fourth-order valence-electron chi connectivity index (χ4n) is 2.29. The maximum Gasteiger partial charge on any atom is 0.201 e. The lowest BCUT2D eigenvalue weighted by atomic mass is 9.96. The number of hydrogen-bond donors (Lipinski definition) is 2. The predicted octanol–water partition coefficient (Wildman–Crippen LogP) is 3.08. The topological polar surface area (TPSA) is 91.9 Å². The van der Waals surface area contributed by atoms with Crippen molar-refractivity contribution in [2.45, 2.75) is 0 Å². The van der Waals surface area contributed by atoms with Crippen LogP contribution in [0.2, 0.25) is 0 Å². The molecule has 0 atom stereocenters. The number of benzene rings is 2. The van der Waals surface area contributed by atoms with E-state index in [9.17, 15) is 10.2 Å². The second-order valence-electron chi connectivity index (χ2n) is 4.80. The number of phenols is 2. The Kier molecular flexibility index (Phi) is 5.17. The summed E-state index contributed by atoms with van der Waals surface area (Å²) in [6.45, 7) is 0. The molecule has 0 bridgehead atoms. The van der Waals surface area contributed by atoms with Gasteiger partial charge < -0.3 is 24.4 Å². The molecular weight excluding hydrogens is 310 g/mol. The monoisotopic (exact) mass is 327 g/mol. The van der Waals surface area contributed by atoms with Crippen LogP contribution in [0.15, 0.2) is 36.4 Å². The number of hydrogen-bond acceptors (Lipinski definition) is 6. The fourth-order valence-corrected chi connectivity index (χ4v) is 2.29. The van der Waals surface area contributed by atoms with Crippen molar-refractivity contribution < 1.29 is 24.4 Å². The third-order valence-electron chi connectivity index (χ3n) is 3.50.